The highest BCUT2D eigenvalue weighted by Crippen LogP contribution is 2.41. The lowest BCUT2D eigenvalue weighted by Gasteiger charge is -2.33. The van der Waals surface area contributed by atoms with Crippen LogP contribution in [0.5, 0.6) is 5.75 Å². The van der Waals surface area contributed by atoms with E-state index in [1.165, 1.54) is 6.42 Å². The summed E-state index contributed by atoms with van der Waals surface area (Å²) in [6.45, 7) is 0.524. The van der Waals surface area contributed by atoms with Crippen LogP contribution in [-0.4, -0.2) is 12.5 Å². The van der Waals surface area contributed by atoms with Gasteiger partial charge in [-0.05, 0) is 25.0 Å². The van der Waals surface area contributed by atoms with E-state index in [0.29, 0.717) is 6.61 Å². The number of amides is 1. The quantitative estimate of drug-likeness (QED) is 0.745. The van der Waals surface area contributed by atoms with Crippen molar-refractivity contribution >= 4 is 11.6 Å². The Balaban J connectivity index is 1.91. The van der Waals surface area contributed by atoms with Gasteiger partial charge in [-0.2, -0.15) is 0 Å². The van der Waals surface area contributed by atoms with Crippen molar-refractivity contribution in [3.8, 4) is 5.75 Å². The Morgan fingerprint density at radius 1 is 1.12 bits per heavy atom. The van der Waals surface area contributed by atoms with Crippen LogP contribution in [0.15, 0.2) is 24.3 Å². The van der Waals surface area contributed by atoms with Crippen LogP contribution >= 0.6 is 0 Å². The third kappa shape index (κ3) is 1.79. The fraction of sp³-hybridized carbons (Fsp3) is 0.500. The first-order valence-corrected chi connectivity index (χ1v) is 6.33. The van der Waals surface area contributed by atoms with Crippen molar-refractivity contribution in [1.82, 2.24) is 0 Å². The summed E-state index contributed by atoms with van der Waals surface area (Å²) < 4.78 is 5.83. The fourth-order valence-electron chi connectivity index (χ4n) is 2.83. The number of ether oxygens (including phenoxy) is 1. The molecule has 1 N–H and O–H groups in total. The summed E-state index contributed by atoms with van der Waals surface area (Å²) in [5, 5.41) is 3.02. The number of carbonyl (C=O) groups excluding carboxylic acids is 1. The van der Waals surface area contributed by atoms with Crippen LogP contribution in [0.1, 0.15) is 32.1 Å². The second-order valence-corrected chi connectivity index (χ2v) is 5.08. The molecule has 3 nitrogen and oxygen atoms in total. The number of anilines is 1. The van der Waals surface area contributed by atoms with Crippen LogP contribution in [0.25, 0.3) is 0 Å². The van der Waals surface area contributed by atoms with Crippen LogP contribution < -0.4 is 10.1 Å². The topological polar surface area (TPSA) is 38.3 Å². The third-order valence-electron chi connectivity index (χ3n) is 3.93. The van der Waals surface area contributed by atoms with E-state index in [-0.39, 0.29) is 11.3 Å². The molecule has 1 aromatic carbocycles. The molecular weight excluding hydrogens is 214 g/mol. The number of benzene rings is 1. The molecule has 17 heavy (non-hydrogen) atoms. The molecule has 3 rings (SSSR count). The van der Waals surface area contributed by atoms with E-state index < -0.39 is 0 Å². The van der Waals surface area contributed by atoms with Gasteiger partial charge >= 0.3 is 0 Å². The van der Waals surface area contributed by atoms with Gasteiger partial charge in [-0.3, -0.25) is 4.79 Å². The van der Waals surface area contributed by atoms with Crippen LogP contribution in [0.2, 0.25) is 0 Å². The summed E-state index contributed by atoms with van der Waals surface area (Å²) in [6, 6.07) is 7.66. The average Bonchev–Trinajstić information content (AvgIpc) is 2.50. The summed E-state index contributed by atoms with van der Waals surface area (Å²) in [6.07, 6.45) is 5.40. The van der Waals surface area contributed by atoms with Crippen LogP contribution in [-0.2, 0) is 4.79 Å². The summed E-state index contributed by atoms with van der Waals surface area (Å²) in [5.41, 5.74) is 0.511. The summed E-state index contributed by atoms with van der Waals surface area (Å²) in [7, 11) is 0. The van der Waals surface area contributed by atoms with Gasteiger partial charge in [0.1, 0.15) is 12.4 Å². The summed E-state index contributed by atoms with van der Waals surface area (Å²) in [5.74, 6) is 0.936. The van der Waals surface area contributed by atoms with Gasteiger partial charge in [-0.1, -0.05) is 31.4 Å². The third-order valence-corrected chi connectivity index (χ3v) is 3.93. The van der Waals surface area contributed by atoms with E-state index in [2.05, 4.69) is 5.32 Å². The molecule has 0 aromatic heterocycles. The number of hydrogen-bond acceptors (Lipinski definition) is 2. The molecule has 3 heteroatoms. The highest BCUT2D eigenvalue weighted by molar-refractivity contribution is 5.97. The predicted octanol–water partition coefficient (Wildman–Crippen LogP) is 2.97. The lowest BCUT2D eigenvalue weighted by molar-refractivity contribution is -0.128. The van der Waals surface area contributed by atoms with Crippen LogP contribution in [0, 0.1) is 5.41 Å². The van der Waals surface area contributed by atoms with Gasteiger partial charge in [0.25, 0.3) is 0 Å². The maximum Gasteiger partial charge on any atom is 0.234 e. The fourth-order valence-corrected chi connectivity index (χ4v) is 2.83. The summed E-state index contributed by atoms with van der Waals surface area (Å²) in [4.78, 5) is 12.4. The Hall–Kier alpha value is -1.51. The molecule has 0 radical (unpaired) electrons. The maximum absolute atomic E-state index is 12.4. The number of hydrogen-bond donors (Lipinski definition) is 1. The average molecular weight is 231 g/mol. The molecule has 0 bridgehead atoms. The van der Waals surface area contributed by atoms with E-state index in [4.69, 9.17) is 4.74 Å². The minimum absolute atomic E-state index is 0.141. The molecule has 1 aliphatic carbocycles. The van der Waals surface area contributed by atoms with Gasteiger partial charge in [0.15, 0.2) is 0 Å². The van der Waals surface area contributed by atoms with Crippen molar-refractivity contribution in [3.05, 3.63) is 24.3 Å². The van der Waals surface area contributed by atoms with E-state index in [1.54, 1.807) is 0 Å². The van der Waals surface area contributed by atoms with Crippen LogP contribution in [0.4, 0.5) is 5.69 Å². The summed E-state index contributed by atoms with van der Waals surface area (Å²) >= 11 is 0. The standard InChI is InChI=1S/C14H17NO2/c16-13-14(8-4-1-5-9-14)10-17-12-7-3-2-6-11(12)15-13/h2-3,6-7H,1,4-5,8-10H2,(H,15,16). The molecule has 0 saturated heterocycles. The maximum atomic E-state index is 12.4. The molecular formula is C14H17NO2. The van der Waals surface area contributed by atoms with Crippen molar-refractivity contribution in [2.75, 3.05) is 11.9 Å². The highest BCUT2D eigenvalue weighted by atomic mass is 16.5. The molecule has 1 saturated carbocycles. The highest BCUT2D eigenvalue weighted by Gasteiger charge is 2.42. The second-order valence-electron chi connectivity index (χ2n) is 5.08. The van der Waals surface area contributed by atoms with Crippen LogP contribution in [0.3, 0.4) is 0 Å². The minimum Gasteiger partial charge on any atom is -0.490 e. The van der Waals surface area contributed by atoms with Gasteiger partial charge in [-0.15, -0.1) is 0 Å². The normalized spacial score (nSPS) is 22.2. The van der Waals surface area contributed by atoms with Gasteiger partial charge in [-0.25, -0.2) is 0 Å². The molecule has 1 spiro atoms. The molecule has 1 aromatic rings. The molecule has 2 aliphatic rings. The lowest BCUT2D eigenvalue weighted by Crippen LogP contribution is -2.41. The molecule has 1 aliphatic heterocycles. The zero-order valence-corrected chi connectivity index (χ0v) is 9.87. The largest absolute Gasteiger partial charge is 0.490 e. The number of fused-ring (bicyclic) bond motifs is 1. The Morgan fingerprint density at radius 3 is 2.71 bits per heavy atom. The Kier molecular flexibility index (Phi) is 2.54. The number of carbonyl (C=O) groups is 1. The Bertz CT molecular complexity index is 436. The first-order chi connectivity index (χ1) is 8.30. The van der Waals surface area contributed by atoms with Gasteiger partial charge < -0.3 is 10.1 Å². The number of rotatable bonds is 0. The second kappa shape index (κ2) is 4.06. The van der Waals surface area contributed by atoms with E-state index in [9.17, 15) is 4.79 Å². The zero-order chi connectivity index (χ0) is 11.7. The Labute approximate surface area is 101 Å². The van der Waals surface area contributed by atoms with Crippen molar-refractivity contribution in [3.63, 3.8) is 0 Å². The van der Waals surface area contributed by atoms with Gasteiger partial charge in [0.05, 0.1) is 11.1 Å². The SMILES string of the molecule is O=C1Nc2ccccc2OCC12CCCCC2. The first-order valence-electron chi connectivity index (χ1n) is 6.33. The first kappa shape index (κ1) is 10.6. The lowest BCUT2D eigenvalue weighted by atomic mass is 9.74. The monoisotopic (exact) mass is 231 g/mol. The number of nitrogens with one attached hydrogen (secondary N) is 1. The molecule has 90 valence electrons. The predicted molar refractivity (Wildman–Crippen MR) is 66.1 cm³/mol. The van der Waals surface area contributed by atoms with Crippen molar-refractivity contribution < 1.29 is 9.53 Å². The molecule has 0 unspecified atom stereocenters. The van der Waals surface area contributed by atoms with E-state index >= 15 is 0 Å². The van der Waals surface area contributed by atoms with E-state index in [1.807, 2.05) is 24.3 Å². The molecule has 1 fully saturated rings. The molecule has 1 heterocycles. The van der Waals surface area contributed by atoms with E-state index in [0.717, 1.165) is 37.1 Å². The van der Waals surface area contributed by atoms with Gasteiger partial charge in [0.2, 0.25) is 5.91 Å². The minimum atomic E-state index is -0.294. The number of para-hydroxylation sites is 2. The zero-order valence-electron chi connectivity index (χ0n) is 9.87. The Morgan fingerprint density at radius 2 is 1.88 bits per heavy atom. The van der Waals surface area contributed by atoms with Crippen molar-refractivity contribution in [2.45, 2.75) is 32.1 Å². The van der Waals surface area contributed by atoms with Crippen molar-refractivity contribution in [2.24, 2.45) is 5.41 Å². The smallest absolute Gasteiger partial charge is 0.234 e. The van der Waals surface area contributed by atoms with Crippen molar-refractivity contribution in [1.29, 1.82) is 0 Å². The molecule has 0 atom stereocenters. The molecule has 1 amide bonds. The van der Waals surface area contributed by atoms with Gasteiger partial charge in [0, 0.05) is 0 Å².